The molecule has 0 aromatic heterocycles. The lowest BCUT2D eigenvalue weighted by molar-refractivity contribution is -0.141. The van der Waals surface area contributed by atoms with Crippen LogP contribution in [0, 0.1) is 5.82 Å². The van der Waals surface area contributed by atoms with Crippen LogP contribution in [0.3, 0.4) is 0 Å². The minimum atomic E-state index is -4.13. The second-order valence-electron chi connectivity index (χ2n) is 5.78. The summed E-state index contributed by atoms with van der Waals surface area (Å²) in [6.45, 7) is 1.07. The van der Waals surface area contributed by atoms with Crippen molar-refractivity contribution in [3.63, 3.8) is 0 Å². The Labute approximate surface area is 156 Å². The van der Waals surface area contributed by atoms with E-state index in [1.165, 1.54) is 42.5 Å². The molecule has 0 unspecified atom stereocenters. The number of anilines is 1. The number of carbonyl (C=O) groups is 2. The van der Waals surface area contributed by atoms with Crippen molar-refractivity contribution in [2.45, 2.75) is 18.4 Å². The van der Waals surface area contributed by atoms with Crippen LogP contribution in [0.4, 0.5) is 14.9 Å². The third-order valence-corrected chi connectivity index (χ3v) is 5.77. The Hall–Kier alpha value is -2.94. The van der Waals surface area contributed by atoms with E-state index in [0.29, 0.717) is 9.87 Å². The number of halogens is 1. The molecule has 3 rings (SSSR count). The van der Waals surface area contributed by atoms with E-state index in [1.807, 2.05) is 0 Å². The van der Waals surface area contributed by atoms with E-state index in [2.05, 4.69) is 0 Å². The van der Waals surface area contributed by atoms with Gasteiger partial charge in [-0.05, 0) is 36.8 Å². The topological polar surface area (TPSA) is 84.0 Å². The van der Waals surface area contributed by atoms with E-state index >= 15 is 0 Å². The molecule has 9 heteroatoms. The molecule has 2 aromatic carbocycles. The maximum absolute atomic E-state index is 13.1. The maximum atomic E-state index is 13.1. The number of esters is 1. The number of rotatable bonds is 5. The fourth-order valence-electron chi connectivity index (χ4n) is 2.75. The molecular formula is C18H17FN2O5S. The highest BCUT2D eigenvalue weighted by Gasteiger charge is 2.42. The van der Waals surface area contributed by atoms with Crippen LogP contribution in [0.1, 0.15) is 12.5 Å². The summed E-state index contributed by atoms with van der Waals surface area (Å²) >= 11 is 0. The second-order valence-corrected chi connectivity index (χ2v) is 7.61. The van der Waals surface area contributed by atoms with Crippen LogP contribution in [0.25, 0.3) is 0 Å². The van der Waals surface area contributed by atoms with Crippen molar-refractivity contribution in [3.8, 4) is 0 Å². The Morgan fingerprint density at radius 3 is 2.44 bits per heavy atom. The largest absolute Gasteiger partial charge is 0.465 e. The number of urea groups is 1. The predicted molar refractivity (Wildman–Crippen MR) is 94.9 cm³/mol. The molecule has 2 aromatic rings. The van der Waals surface area contributed by atoms with Crippen LogP contribution < -0.4 is 4.90 Å². The lowest BCUT2D eigenvalue weighted by Crippen LogP contribution is -2.52. The first kappa shape index (κ1) is 18.8. The zero-order chi connectivity index (χ0) is 19.6. The third-order valence-electron chi connectivity index (χ3n) is 4.00. The van der Waals surface area contributed by atoms with E-state index in [1.54, 1.807) is 13.0 Å². The summed E-state index contributed by atoms with van der Waals surface area (Å²) in [6, 6.07) is 10.2. The maximum Gasteiger partial charge on any atom is 0.339 e. The second kappa shape index (κ2) is 7.36. The van der Waals surface area contributed by atoms with Gasteiger partial charge in [-0.2, -0.15) is 0 Å². The number of fused-ring (bicyclic) bond motifs is 1. The van der Waals surface area contributed by atoms with E-state index in [0.717, 1.165) is 4.90 Å². The standard InChI is InChI=1S/C18H17FN2O5S/c1-2-26-17(22)12-20-15-5-3-4-6-16(15)27(24,25)21(18(20)23)11-13-7-9-14(19)10-8-13/h3-10H,2,11-12H2,1H3. The van der Waals surface area contributed by atoms with Gasteiger partial charge in [-0.1, -0.05) is 24.3 Å². The third kappa shape index (κ3) is 3.63. The van der Waals surface area contributed by atoms with E-state index in [-0.39, 0.29) is 23.7 Å². The molecule has 0 saturated carbocycles. The zero-order valence-electron chi connectivity index (χ0n) is 14.5. The van der Waals surface area contributed by atoms with Gasteiger partial charge in [0.2, 0.25) is 0 Å². The van der Waals surface area contributed by atoms with Crippen molar-refractivity contribution in [2.75, 3.05) is 18.1 Å². The summed E-state index contributed by atoms with van der Waals surface area (Å²) in [5.41, 5.74) is 0.551. The highest BCUT2D eigenvalue weighted by molar-refractivity contribution is 7.90. The smallest absolute Gasteiger partial charge is 0.339 e. The fourth-order valence-corrected chi connectivity index (χ4v) is 4.31. The minimum absolute atomic E-state index is 0.0870. The number of amides is 2. The Morgan fingerprint density at radius 2 is 1.78 bits per heavy atom. The Bertz CT molecular complexity index is 976. The number of para-hydroxylation sites is 1. The van der Waals surface area contributed by atoms with Gasteiger partial charge in [-0.3, -0.25) is 9.69 Å². The van der Waals surface area contributed by atoms with Crippen LogP contribution in [0.2, 0.25) is 0 Å². The van der Waals surface area contributed by atoms with Crippen LogP contribution in [-0.2, 0) is 26.1 Å². The Kier molecular flexibility index (Phi) is 5.13. The van der Waals surface area contributed by atoms with Crippen molar-refractivity contribution in [1.29, 1.82) is 0 Å². The van der Waals surface area contributed by atoms with E-state index in [9.17, 15) is 22.4 Å². The van der Waals surface area contributed by atoms with E-state index in [4.69, 9.17) is 4.74 Å². The number of hydrogen-bond donors (Lipinski definition) is 0. The highest BCUT2D eigenvalue weighted by atomic mass is 32.2. The molecule has 27 heavy (non-hydrogen) atoms. The minimum Gasteiger partial charge on any atom is -0.465 e. The number of nitrogens with zero attached hydrogens (tertiary/aromatic N) is 2. The molecule has 0 atom stereocenters. The SMILES string of the molecule is CCOC(=O)CN1C(=O)N(Cc2ccc(F)cc2)S(=O)(=O)c2ccccc21. The summed E-state index contributed by atoms with van der Waals surface area (Å²) in [7, 11) is -4.13. The molecule has 1 aliphatic heterocycles. The molecule has 0 aliphatic carbocycles. The predicted octanol–water partition coefficient (Wildman–Crippen LogP) is 2.52. The first-order valence-corrected chi connectivity index (χ1v) is 9.62. The van der Waals surface area contributed by atoms with Gasteiger partial charge in [0.05, 0.1) is 18.8 Å². The van der Waals surface area contributed by atoms with Gasteiger partial charge < -0.3 is 4.74 Å². The summed E-state index contributed by atoms with van der Waals surface area (Å²) < 4.78 is 44.5. The number of hydrogen-bond acceptors (Lipinski definition) is 5. The lowest BCUT2D eigenvalue weighted by atomic mass is 10.2. The molecule has 0 radical (unpaired) electrons. The molecule has 1 aliphatic rings. The average molecular weight is 392 g/mol. The van der Waals surface area contributed by atoms with Crippen molar-refractivity contribution in [3.05, 3.63) is 59.9 Å². The summed E-state index contributed by atoms with van der Waals surface area (Å²) in [4.78, 5) is 25.8. The van der Waals surface area contributed by atoms with Gasteiger partial charge >= 0.3 is 12.0 Å². The van der Waals surface area contributed by atoms with Crippen LogP contribution in [0.5, 0.6) is 0 Å². The van der Waals surface area contributed by atoms with E-state index < -0.39 is 34.4 Å². The summed E-state index contributed by atoms with van der Waals surface area (Å²) in [5.74, 6) is -1.12. The first-order chi connectivity index (χ1) is 12.8. The van der Waals surface area contributed by atoms with Crippen molar-refractivity contribution in [1.82, 2.24) is 4.31 Å². The van der Waals surface area contributed by atoms with Crippen LogP contribution >= 0.6 is 0 Å². The molecule has 7 nitrogen and oxygen atoms in total. The first-order valence-electron chi connectivity index (χ1n) is 8.18. The number of benzene rings is 2. The number of sulfonamides is 1. The Morgan fingerprint density at radius 1 is 1.11 bits per heavy atom. The van der Waals surface area contributed by atoms with Crippen molar-refractivity contribution >= 4 is 27.7 Å². The number of carbonyl (C=O) groups excluding carboxylic acids is 2. The van der Waals surface area contributed by atoms with Gasteiger partial charge in [0.15, 0.2) is 0 Å². The highest BCUT2D eigenvalue weighted by Crippen LogP contribution is 2.35. The van der Waals surface area contributed by atoms with Gasteiger partial charge in [0, 0.05) is 0 Å². The molecule has 0 saturated heterocycles. The molecule has 1 heterocycles. The van der Waals surface area contributed by atoms with Gasteiger partial charge in [-0.25, -0.2) is 21.9 Å². The molecule has 0 fully saturated rings. The quantitative estimate of drug-likeness (QED) is 0.730. The molecule has 2 amide bonds. The Balaban J connectivity index is 2.02. The van der Waals surface area contributed by atoms with Crippen molar-refractivity contribution < 1.29 is 27.1 Å². The fraction of sp³-hybridized carbons (Fsp3) is 0.222. The average Bonchev–Trinajstić information content (AvgIpc) is 2.64. The monoisotopic (exact) mass is 392 g/mol. The van der Waals surface area contributed by atoms with Gasteiger partial charge in [0.1, 0.15) is 17.3 Å². The zero-order valence-corrected chi connectivity index (χ0v) is 15.3. The van der Waals surface area contributed by atoms with Gasteiger partial charge in [-0.15, -0.1) is 0 Å². The lowest BCUT2D eigenvalue weighted by Gasteiger charge is -2.35. The summed E-state index contributed by atoms with van der Waals surface area (Å²) in [6.07, 6.45) is 0. The normalized spacial score (nSPS) is 15.4. The van der Waals surface area contributed by atoms with Crippen LogP contribution in [0.15, 0.2) is 53.4 Å². The molecule has 142 valence electrons. The molecule has 0 bridgehead atoms. The van der Waals surface area contributed by atoms with Crippen molar-refractivity contribution in [2.24, 2.45) is 0 Å². The summed E-state index contributed by atoms with van der Waals surface area (Å²) in [5, 5.41) is 0. The van der Waals surface area contributed by atoms with Crippen LogP contribution in [-0.4, -0.2) is 37.9 Å². The molecule has 0 N–H and O–H groups in total. The van der Waals surface area contributed by atoms with Gasteiger partial charge in [0.25, 0.3) is 10.0 Å². The molecule has 0 spiro atoms. The molecular weight excluding hydrogens is 375 g/mol. The number of ether oxygens (including phenoxy) is 1.